The molecule has 34 heavy (non-hydrogen) atoms. The Labute approximate surface area is 186 Å². The van der Waals surface area contributed by atoms with E-state index in [1.807, 2.05) is 0 Å². The Hall–Kier alpha value is -1.90. The number of alkyl halides is 12. The molecule has 0 N–H and O–H groups in total. The first-order chi connectivity index (χ1) is 14.6. The molecule has 0 aromatic heterocycles. The third kappa shape index (κ3) is 11.0. The predicted octanol–water partition coefficient (Wildman–Crippen LogP) is 6.92. The van der Waals surface area contributed by atoms with Crippen molar-refractivity contribution in [3.63, 3.8) is 0 Å². The summed E-state index contributed by atoms with van der Waals surface area (Å²) in [4.78, 5) is 22.4. The van der Waals surface area contributed by atoms with Crippen molar-refractivity contribution in [2.24, 2.45) is 10.8 Å². The molecule has 0 aliphatic carbocycles. The molecule has 0 aromatic rings. The highest BCUT2D eigenvalue weighted by Crippen LogP contribution is 2.38. The Balaban J connectivity index is 0. The van der Waals surface area contributed by atoms with E-state index in [-0.39, 0.29) is 12.8 Å². The molecule has 0 rings (SSSR count). The van der Waals surface area contributed by atoms with Crippen LogP contribution in [0.5, 0.6) is 0 Å². The molecule has 0 heterocycles. The van der Waals surface area contributed by atoms with E-state index in [1.165, 1.54) is 41.5 Å². The van der Waals surface area contributed by atoms with E-state index in [4.69, 9.17) is 0 Å². The second kappa shape index (κ2) is 11.2. The van der Waals surface area contributed by atoms with Crippen molar-refractivity contribution in [3.8, 4) is 0 Å². The zero-order chi connectivity index (χ0) is 28.1. The molecule has 204 valence electrons. The van der Waals surface area contributed by atoms with E-state index >= 15 is 0 Å². The van der Waals surface area contributed by atoms with Gasteiger partial charge in [-0.05, 0) is 40.5 Å². The standard InChI is InChI=1S/2C9H12F6O2/c2*1-4-7(2,3)6(16)17-5(8(10,11)12)9(13,14)15/h2*5H,4H2,1-3H3. The fraction of sp³-hybridized carbons (Fsp3) is 0.889. The summed E-state index contributed by atoms with van der Waals surface area (Å²) in [5.74, 6) is -3.06. The third-order valence-corrected chi connectivity index (χ3v) is 4.51. The highest BCUT2D eigenvalue weighted by Gasteiger charge is 2.61. The molecule has 0 radical (unpaired) electrons. The number of carbonyl (C=O) groups is 2. The fourth-order valence-electron chi connectivity index (χ4n) is 1.46. The molecule has 0 saturated heterocycles. The quantitative estimate of drug-likeness (QED) is 0.275. The van der Waals surface area contributed by atoms with Gasteiger partial charge in [0.1, 0.15) is 0 Å². The van der Waals surface area contributed by atoms with Gasteiger partial charge in [0.05, 0.1) is 10.8 Å². The highest BCUT2D eigenvalue weighted by atomic mass is 19.4. The van der Waals surface area contributed by atoms with Crippen LogP contribution in [0.25, 0.3) is 0 Å². The molecule has 4 nitrogen and oxygen atoms in total. The van der Waals surface area contributed by atoms with Crippen molar-refractivity contribution in [1.82, 2.24) is 0 Å². The maximum atomic E-state index is 12.1. The molecule has 0 unspecified atom stereocenters. The van der Waals surface area contributed by atoms with Crippen molar-refractivity contribution in [2.75, 3.05) is 0 Å². The molecule has 0 aliphatic heterocycles. The normalized spacial score (nSPS) is 14.0. The summed E-state index contributed by atoms with van der Waals surface area (Å²) in [6, 6.07) is 0. The van der Waals surface area contributed by atoms with E-state index in [0.29, 0.717) is 0 Å². The lowest BCUT2D eigenvalue weighted by atomic mass is 9.90. The lowest BCUT2D eigenvalue weighted by Crippen LogP contribution is -2.47. The van der Waals surface area contributed by atoms with Gasteiger partial charge in [0.25, 0.3) is 12.2 Å². The van der Waals surface area contributed by atoms with Crippen LogP contribution in [0.2, 0.25) is 0 Å². The second-order valence-corrected chi connectivity index (χ2v) is 8.21. The molecule has 0 aliphatic rings. The topological polar surface area (TPSA) is 52.6 Å². The molecule has 0 bridgehead atoms. The molecule has 0 spiro atoms. The Morgan fingerprint density at radius 2 is 0.706 bits per heavy atom. The van der Waals surface area contributed by atoms with Gasteiger partial charge in [0.2, 0.25) is 0 Å². The molecule has 0 fully saturated rings. The minimum absolute atomic E-state index is 0.0638. The Morgan fingerprint density at radius 3 is 0.824 bits per heavy atom. The lowest BCUT2D eigenvalue weighted by molar-refractivity contribution is -0.316. The van der Waals surface area contributed by atoms with Crippen molar-refractivity contribution in [1.29, 1.82) is 0 Å². The molecule has 16 heteroatoms. The molecular formula is C18H24F12O4. The van der Waals surface area contributed by atoms with Crippen LogP contribution in [0.15, 0.2) is 0 Å². The zero-order valence-electron chi connectivity index (χ0n) is 18.7. The maximum absolute atomic E-state index is 12.1. The number of hydrogen-bond acceptors (Lipinski definition) is 4. The smallest absolute Gasteiger partial charge is 0.434 e. The van der Waals surface area contributed by atoms with Crippen LogP contribution in [0.1, 0.15) is 54.4 Å². The average molecular weight is 532 g/mol. The first-order valence-electron chi connectivity index (χ1n) is 9.33. The largest absolute Gasteiger partial charge is 0.442 e. The summed E-state index contributed by atoms with van der Waals surface area (Å²) in [6.45, 7) is 7.74. The van der Waals surface area contributed by atoms with Crippen molar-refractivity contribution in [2.45, 2.75) is 91.3 Å². The number of halogens is 12. The van der Waals surface area contributed by atoms with Gasteiger partial charge >= 0.3 is 36.6 Å². The highest BCUT2D eigenvalue weighted by molar-refractivity contribution is 5.76. The number of hydrogen-bond donors (Lipinski definition) is 0. The van der Waals surface area contributed by atoms with Gasteiger partial charge in [0, 0.05) is 0 Å². The van der Waals surface area contributed by atoms with E-state index in [2.05, 4.69) is 9.47 Å². The number of esters is 2. The van der Waals surface area contributed by atoms with Crippen LogP contribution in [0.4, 0.5) is 52.7 Å². The van der Waals surface area contributed by atoms with Gasteiger partial charge < -0.3 is 9.47 Å². The zero-order valence-corrected chi connectivity index (χ0v) is 18.7. The monoisotopic (exact) mass is 532 g/mol. The van der Waals surface area contributed by atoms with Crippen LogP contribution < -0.4 is 0 Å². The molecule has 0 aromatic carbocycles. The summed E-state index contributed by atoms with van der Waals surface area (Å²) in [6.07, 6.45) is -30.7. The van der Waals surface area contributed by atoms with Crippen molar-refractivity contribution >= 4 is 11.9 Å². The molecule has 0 atom stereocenters. The molecular weight excluding hydrogens is 508 g/mol. The van der Waals surface area contributed by atoms with Crippen LogP contribution in [0, 0.1) is 10.8 Å². The third-order valence-electron chi connectivity index (χ3n) is 4.51. The second-order valence-electron chi connectivity index (χ2n) is 8.21. The Morgan fingerprint density at radius 1 is 0.529 bits per heavy atom. The van der Waals surface area contributed by atoms with Crippen LogP contribution >= 0.6 is 0 Å². The van der Waals surface area contributed by atoms with Crippen LogP contribution in [-0.4, -0.2) is 48.9 Å². The number of rotatable bonds is 6. The van der Waals surface area contributed by atoms with E-state index in [0.717, 1.165) is 0 Å². The summed E-state index contributed by atoms with van der Waals surface area (Å²) >= 11 is 0. The summed E-state index contributed by atoms with van der Waals surface area (Å²) in [5.41, 5.74) is -2.79. The Kier molecular flexibility index (Phi) is 11.3. The molecule has 0 saturated carbocycles. The first-order valence-corrected chi connectivity index (χ1v) is 9.33. The van der Waals surface area contributed by atoms with E-state index in [1.54, 1.807) is 0 Å². The number of carbonyl (C=O) groups excluding carboxylic acids is 2. The maximum Gasteiger partial charge on any atom is 0.434 e. The SMILES string of the molecule is CCC(C)(C)C(=O)OC(C(F)(F)F)C(F)(F)F.CCC(C)(C)C(=O)OC(C(F)(F)F)C(F)(F)F. The predicted molar refractivity (Wildman–Crippen MR) is 92.1 cm³/mol. The average Bonchev–Trinajstić information content (AvgIpc) is 2.60. The van der Waals surface area contributed by atoms with Crippen molar-refractivity contribution < 1.29 is 71.7 Å². The van der Waals surface area contributed by atoms with E-state index in [9.17, 15) is 62.3 Å². The summed E-state index contributed by atoms with van der Waals surface area (Å²) < 4.78 is 152. The van der Waals surface area contributed by atoms with Gasteiger partial charge in [0.15, 0.2) is 0 Å². The molecule has 0 amide bonds. The van der Waals surface area contributed by atoms with Crippen LogP contribution in [-0.2, 0) is 19.1 Å². The Bertz CT molecular complexity index is 586. The fourth-order valence-corrected chi connectivity index (χ4v) is 1.46. The van der Waals surface area contributed by atoms with Gasteiger partial charge in [-0.1, -0.05) is 13.8 Å². The van der Waals surface area contributed by atoms with E-state index < -0.39 is 59.7 Å². The minimum atomic E-state index is -5.67. The van der Waals surface area contributed by atoms with Gasteiger partial charge in [-0.15, -0.1) is 0 Å². The van der Waals surface area contributed by atoms with Crippen LogP contribution in [0.3, 0.4) is 0 Å². The van der Waals surface area contributed by atoms with Gasteiger partial charge in [-0.2, -0.15) is 52.7 Å². The minimum Gasteiger partial charge on any atom is -0.442 e. The van der Waals surface area contributed by atoms with Crippen molar-refractivity contribution in [3.05, 3.63) is 0 Å². The first kappa shape index (κ1) is 34.3. The number of ether oxygens (including phenoxy) is 2. The summed E-state index contributed by atoms with van der Waals surface area (Å²) in [7, 11) is 0. The van der Waals surface area contributed by atoms with Gasteiger partial charge in [-0.25, -0.2) is 0 Å². The lowest BCUT2D eigenvalue weighted by Gasteiger charge is -2.27. The summed E-state index contributed by atoms with van der Waals surface area (Å²) in [5, 5.41) is 0. The van der Waals surface area contributed by atoms with Gasteiger partial charge in [-0.3, -0.25) is 9.59 Å².